The van der Waals surface area contributed by atoms with E-state index in [0.29, 0.717) is 6.04 Å². The van der Waals surface area contributed by atoms with Crippen LogP contribution in [-0.2, 0) is 4.74 Å². The van der Waals surface area contributed by atoms with Gasteiger partial charge in [0.15, 0.2) is 0 Å². The lowest BCUT2D eigenvalue weighted by atomic mass is 10.1. The van der Waals surface area contributed by atoms with Gasteiger partial charge in [0.2, 0.25) is 0 Å². The average molecular weight is 220 g/mol. The van der Waals surface area contributed by atoms with Crippen molar-refractivity contribution in [1.82, 2.24) is 0 Å². The van der Waals surface area contributed by atoms with E-state index in [1.54, 1.807) is 0 Å². The predicted octanol–water partition coefficient (Wildman–Crippen LogP) is 2.26. The van der Waals surface area contributed by atoms with Crippen molar-refractivity contribution in [2.75, 3.05) is 37.5 Å². The second-order valence-electron chi connectivity index (χ2n) is 4.60. The smallest absolute Gasteiger partial charge is 0.0668 e. The minimum Gasteiger partial charge on any atom is -0.380 e. The molecule has 1 heterocycles. The Morgan fingerprint density at radius 3 is 2.75 bits per heavy atom. The van der Waals surface area contributed by atoms with E-state index in [2.05, 4.69) is 49.4 Å². The Hall–Kier alpha value is -1.22. The summed E-state index contributed by atoms with van der Waals surface area (Å²) in [5, 5.41) is 3.50. The van der Waals surface area contributed by atoms with E-state index in [0.717, 1.165) is 19.6 Å². The van der Waals surface area contributed by atoms with E-state index in [4.69, 9.17) is 4.74 Å². The second-order valence-corrected chi connectivity index (χ2v) is 4.60. The van der Waals surface area contributed by atoms with Crippen molar-refractivity contribution in [3.8, 4) is 0 Å². The Kier molecular flexibility index (Phi) is 3.34. The highest BCUT2D eigenvalue weighted by molar-refractivity contribution is 5.60. The van der Waals surface area contributed by atoms with Crippen LogP contribution in [0.3, 0.4) is 0 Å². The lowest BCUT2D eigenvalue weighted by Gasteiger charge is -2.18. The normalized spacial score (nSPS) is 19.8. The van der Waals surface area contributed by atoms with Gasteiger partial charge in [0, 0.05) is 32.1 Å². The number of ether oxygens (including phenoxy) is 1. The summed E-state index contributed by atoms with van der Waals surface area (Å²) in [4.78, 5) is 2.14. The summed E-state index contributed by atoms with van der Waals surface area (Å²) in [7, 11) is 4.14. The van der Waals surface area contributed by atoms with Crippen molar-refractivity contribution in [2.24, 2.45) is 0 Å². The first-order valence-corrected chi connectivity index (χ1v) is 5.79. The van der Waals surface area contributed by atoms with E-state index < -0.39 is 0 Å². The van der Waals surface area contributed by atoms with Crippen LogP contribution in [0.15, 0.2) is 18.2 Å². The van der Waals surface area contributed by atoms with Gasteiger partial charge in [-0.2, -0.15) is 0 Å². The van der Waals surface area contributed by atoms with E-state index in [-0.39, 0.29) is 0 Å². The average Bonchev–Trinajstić information content (AvgIpc) is 2.70. The molecule has 1 aromatic carbocycles. The van der Waals surface area contributed by atoms with Gasteiger partial charge in [0.25, 0.3) is 0 Å². The maximum absolute atomic E-state index is 5.35. The molecule has 0 spiro atoms. The molecule has 1 aliphatic rings. The summed E-state index contributed by atoms with van der Waals surface area (Å²) in [5.41, 5.74) is 3.76. The molecule has 1 saturated heterocycles. The number of benzene rings is 1. The highest BCUT2D eigenvalue weighted by Gasteiger charge is 2.15. The van der Waals surface area contributed by atoms with Gasteiger partial charge in [-0.1, -0.05) is 0 Å². The molecule has 3 heteroatoms. The first kappa shape index (κ1) is 11.3. The summed E-state index contributed by atoms with van der Waals surface area (Å²) in [6.07, 6.45) is 1.11. The largest absolute Gasteiger partial charge is 0.380 e. The minimum atomic E-state index is 0.476. The number of anilines is 2. The third-order valence-electron chi connectivity index (χ3n) is 2.98. The quantitative estimate of drug-likeness (QED) is 0.845. The molecule has 1 aromatic rings. The molecule has 0 bridgehead atoms. The SMILES string of the molecule is Cc1cc(NC2CCOC2)ccc1N(C)C. The van der Waals surface area contributed by atoms with Crippen molar-refractivity contribution in [2.45, 2.75) is 19.4 Å². The van der Waals surface area contributed by atoms with E-state index in [1.807, 2.05) is 0 Å². The van der Waals surface area contributed by atoms with Crippen molar-refractivity contribution >= 4 is 11.4 Å². The maximum Gasteiger partial charge on any atom is 0.0668 e. The van der Waals surface area contributed by atoms with Crippen molar-refractivity contribution in [3.63, 3.8) is 0 Å². The highest BCUT2D eigenvalue weighted by atomic mass is 16.5. The van der Waals surface area contributed by atoms with E-state index in [9.17, 15) is 0 Å². The zero-order valence-electron chi connectivity index (χ0n) is 10.3. The van der Waals surface area contributed by atoms with Gasteiger partial charge in [-0.25, -0.2) is 0 Å². The van der Waals surface area contributed by atoms with Gasteiger partial charge < -0.3 is 15.0 Å². The van der Waals surface area contributed by atoms with Crippen molar-refractivity contribution in [1.29, 1.82) is 0 Å². The van der Waals surface area contributed by atoms with Gasteiger partial charge in [-0.15, -0.1) is 0 Å². The number of aryl methyl sites for hydroxylation is 1. The summed E-state index contributed by atoms with van der Waals surface area (Å²) < 4.78 is 5.35. The second kappa shape index (κ2) is 4.74. The summed E-state index contributed by atoms with van der Waals surface area (Å²) in [5.74, 6) is 0. The molecule has 0 aliphatic carbocycles. The highest BCUT2D eigenvalue weighted by Crippen LogP contribution is 2.23. The maximum atomic E-state index is 5.35. The molecule has 0 amide bonds. The summed E-state index contributed by atoms with van der Waals surface area (Å²) in [6.45, 7) is 3.85. The van der Waals surface area contributed by atoms with Gasteiger partial charge in [-0.3, -0.25) is 0 Å². The third kappa shape index (κ3) is 2.47. The lowest BCUT2D eigenvalue weighted by Crippen LogP contribution is -2.19. The lowest BCUT2D eigenvalue weighted by molar-refractivity contribution is 0.195. The Morgan fingerprint density at radius 2 is 2.19 bits per heavy atom. The van der Waals surface area contributed by atoms with Crippen LogP contribution in [0, 0.1) is 6.92 Å². The molecule has 1 aliphatic heterocycles. The number of nitrogens with zero attached hydrogens (tertiary/aromatic N) is 1. The van der Waals surface area contributed by atoms with Crippen molar-refractivity contribution in [3.05, 3.63) is 23.8 Å². The van der Waals surface area contributed by atoms with Gasteiger partial charge in [0.05, 0.1) is 12.6 Å². The minimum absolute atomic E-state index is 0.476. The number of rotatable bonds is 3. The van der Waals surface area contributed by atoms with Crippen LogP contribution in [-0.4, -0.2) is 33.4 Å². The van der Waals surface area contributed by atoms with Crippen LogP contribution in [0.25, 0.3) is 0 Å². The topological polar surface area (TPSA) is 24.5 Å². The van der Waals surface area contributed by atoms with Crippen LogP contribution in [0.5, 0.6) is 0 Å². The number of hydrogen-bond donors (Lipinski definition) is 1. The van der Waals surface area contributed by atoms with Crippen molar-refractivity contribution < 1.29 is 4.74 Å². The van der Waals surface area contributed by atoms with Crippen LogP contribution < -0.4 is 10.2 Å². The molecular formula is C13H20N2O. The number of nitrogens with one attached hydrogen (secondary N) is 1. The van der Waals surface area contributed by atoms with Gasteiger partial charge in [0.1, 0.15) is 0 Å². The van der Waals surface area contributed by atoms with Crippen LogP contribution in [0.2, 0.25) is 0 Å². The molecule has 1 fully saturated rings. The Labute approximate surface area is 97.4 Å². The fourth-order valence-electron chi connectivity index (χ4n) is 2.13. The fourth-order valence-corrected chi connectivity index (χ4v) is 2.13. The number of hydrogen-bond acceptors (Lipinski definition) is 3. The van der Waals surface area contributed by atoms with E-state index in [1.165, 1.54) is 16.9 Å². The predicted molar refractivity (Wildman–Crippen MR) is 68.4 cm³/mol. The molecule has 3 nitrogen and oxygen atoms in total. The Balaban J connectivity index is 2.08. The molecule has 0 radical (unpaired) electrons. The zero-order chi connectivity index (χ0) is 11.5. The fraction of sp³-hybridized carbons (Fsp3) is 0.538. The molecule has 1 atom stereocenters. The van der Waals surface area contributed by atoms with Crippen LogP contribution >= 0.6 is 0 Å². The standard InChI is InChI=1S/C13H20N2O/c1-10-8-11(4-5-13(10)15(2)3)14-12-6-7-16-9-12/h4-5,8,12,14H,6-7,9H2,1-3H3. The molecule has 0 aromatic heterocycles. The Bertz CT molecular complexity index is 357. The molecule has 2 rings (SSSR count). The zero-order valence-corrected chi connectivity index (χ0v) is 10.3. The van der Waals surface area contributed by atoms with Gasteiger partial charge in [-0.05, 0) is 37.1 Å². The van der Waals surface area contributed by atoms with Crippen LogP contribution in [0.4, 0.5) is 11.4 Å². The third-order valence-corrected chi connectivity index (χ3v) is 2.98. The molecule has 16 heavy (non-hydrogen) atoms. The van der Waals surface area contributed by atoms with Crippen LogP contribution in [0.1, 0.15) is 12.0 Å². The van der Waals surface area contributed by atoms with Gasteiger partial charge >= 0.3 is 0 Å². The monoisotopic (exact) mass is 220 g/mol. The molecule has 1 unspecified atom stereocenters. The summed E-state index contributed by atoms with van der Waals surface area (Å²) >= 11 is 0. The first-order chi connectivity index (χ1) is 7.66. The molecule has 0 saturated carbocycles. The molecular weight excluding hydrogens is 200 g/mol. The molecule has 88 valence electrons. The first-order valence-electron chi connectivity index (χ1n) is 5.79. The molecule has 1 N–H and O–H groups in total. The Morgan fingerprint density at radius 1 is 1.38 bits per heavy atom. The van der Waals surface area contributed by atoms with E-state index >= 15 is 0 Å². The summed E-state index contributed by atoms with van der Waals surface area (Å²) in [6, 6.07) is 6.98.